The summed E-state index contributed by atoms with van der Waals surface area (Å²) in [7, 11) is -3.98. The number of nitrogens with two attached hydrogens (primary N) is 1. The van der Waals surface area contributed by atoms with Crippen LogP contribution in [0.3, 0.4) is 0 Å². The Hall–Kier alpha value is -0.990. The zero-order valence-corrected chi connectivity index (χ0v) is 10.1. The number of carbonyl (C=O) groups excluding carboxylic acids is 1. The number of aliphatic carboxylic acids is 1. The third-order valence-electron chi connectivity index (χ3n) is 2.16. The first-order chi connectivity index (χ1) is 7.72. The van der Waals surface area contributed by atoms with Crippen LogP contribution in [0.15, 0.2) is 0 Å². The fourth-order valence-electron chi connectivity index (χ4n) is 1.21. The molecule has 0 aliphatic heterocycles. The molecule has 7 nitrogen and oxygen atoms in total. The molecule has 0 rings (SSSR count). The molecule has 17 heavy (non-hydrogen) atoms. The van der Waals surface area contributed by atoms with E-state index in [1.54, 1.807) is 0 Å². The van der Waals surface area contributed by atoms with Gasteiger partial charge in [0.2, 0.25) is 0 Å². The topological polar surface area (TPSA) is 135 Å². The van der Waals surface area contributed by atoms with Gasteiger partial charge in [-0.25, -0.2) is 0 Å². The highest BCUT2D eigenvalue weighted by molar-refractivity contribution is 7.85. The normalized spacial score (nSPS) is 13.3. The summed E-state index contributed by atoms with van der Waals surface area (Å²) in [5.74, 6) is -1.69. The van der Waals surface area contributed by atoms with E-state index in [9.17, 15) is 18.0 Å². The monoisotopic (exact) mass is 267 g/mol. The molecule has 0 aromatic carbocycles. The largest absolute Gasteiger partial charge is 0.481 e. The molecule has 100 valence electrons. The van der Waals surface area contributed by atoms with Crippen LogP contribution < -0.4 is 5.73 Å². The van der Waals surface area contributed by atoms with E-state index in [1.165, 1.54) is 0 Å². The smallest absolute Gasteiger partial charge is 0.303 e. The van der Waals surface area contributed by atoms with Crippen molar-refractivity contribution >= 4 is 21.9 Å². The Balaban J connectivity index is 3.75. The molecule has 8 heteroatoms. The van der Waals surface area contributed by atoms with Gasteiger partial charge in [-0.3, -0.25) is 14.1 Å². The van der Waals surface area contributed by atoms with Crippen molar-refractivity contribution in [3.05, 3.63) is 0 Å². The molecule has 0 saturated heterocycles. The van der Waals surface area contributed by atoms with Crippen LogP contribution in [0.1, 0.15) is 32.1 Å². The second-order valence-electron chi connectivity index (χ2n) is 3.75. The molecule has 0 spiro atoms. The molecule has 0 aromatic rings. The molecule has 0 aromatic heterocycles. The summed E-state index contributed by atoms with van der Waals surface area (Å²) >= 11 is 0. The van der Waals surface area contributed by atoms with Crippen LogP contribution in [0, 0.1) is 0 Å². The van der Waals surface area contributed by atoms with Crippen LogP contribution in [0.5, 0.6) is 0 Å². The molecule has 0 bridgehead atoms. The molecule has 0 unspecified atom stereocenters. The summed E-state index contributed by atoms with van der Waals surface area (Å²) in [6.45, 7) is 0. The van der Waals surface area contributed by atoms with Crippen LogP contribution in [0.25, 0.3) is 0 Å². The Kier molecular flexibility index (Phi) is 6.93. The summed E-state index contributed by atoms with van der Waals surface area (Å²) < 4.78 is 29.2. The second kappa shape index (κ2) is 7.36. The van der Waals surface area contributed by atoms with E-state index in [0.29, 0.717) is 6.42 Å². The summed E-state index contributed by atoms with van der Waals surface area (Å²) in [6, 6.07) is -0.822. The van der Waals surface area contributed by atoms with Gasteiger partial charge in [-0.1, -0.05) is 0 Å². The maximum Gasteiger partial charge on any atom is 0.303 e. The van der Waals surface area contributed by atoms with Gasteiger partial charge in [0.05, 0.1) is 11.8 Å². The van der Waals surface area contributed by atoms with Crippen molar-refractivity contribution in [2.45, 2.75) is 38.1 Å². The van der Waals surface area contributed by atoms with E-state index < -0.39 is 22.1 Å². The molecular weight excluding hydrogens is 250 g/mol. The number of hydrogen-bond donors (Lipinski definition) is 3. The van der Waals surface area contributed by atoms with Crippen molar-refractivity contribution in [3.8, 4) is 0 Å². The van der Waals surface area contributed by atoms with Gasteiger partial charge in [-0.05, 0) is 19.3 Å². The fourth-order valence-corrected chi connectivity index (χ4v) is 1.78. The Morgan fingerprint density at radius 3 is 2.24 bits per heavy atom. The first-order valence-electron chi connectivity index (χ1n) is 5.17. The molecule has 0 aliphatic rings. The second-order valence-corrected chi connectivity index (χ2v) is 5.32. The van der Waals surface area contributed by atoms with Crippen LogP contribution >= 0.6 is 0 Å². The van der Waals surface area contributed by atoms with E-state index in [4.69, 9.17) is 15.4 Å². The van der Waals surface area contributed by atoms with Crippen molar-refractivity contribution in [3.63, 3.8) is 0 Å². The molecular formula is C9H17NO6S. The highest BCUT2D eigenvalue weighted by Crippen LogP contribution is 2.04. The Morgan fingerprint density at radius 2 is 1.76 bits per heavy atom. The van der Waals surface area contributed by atoms with Crippen LogP contribution in [-0.2, 0) is 19.7 Å². The average molecular weight is 267 g/mol. The lowest BCUT2D eigenvalue weighted by molar-refractivity contribution is -0.137. The van der Waals surface area contributed by atoms with E-state index >= 15 is 0 Å². The summed E-state index contributed by atoms with van der Waals surface area (Å²) in [5, 5.41) is 8.39. The number of unbranched alkanes of at least 4 members (excludes halogenated alkanes) is 1. The van der Waals surface area contributed by atoms with Gasteiger partial charge in [-0.2, -0.15) is 8.42 Å². The number of Topliss-reactive ketones (excluding diaryl/α,β-unsaturated/α-hetero) is 1. The first kappa shape index (κ1) is 16.0. The number of carbonyl (C=O) groups is 2. The van der Waals surface area contributed by atoms with Gasteiger partial charge < -0.3 is 10.8 Å². The lowest BCUT2D eigenvalue weighted by Gasteiger charge is -2.08. The minimum atomic E-state index is -3.98. The minimum absolute atomic E-state index is 0.0759. The SMILES string of the molecule is N[C@@H](CCC(=O)O)C(=O)CCCCS(=O)(=O)O. The first-order valence-corrected chi connectivity index (χ1v) is 6.78. The standard InChI is InChI=1S/C9H17NO6S/c10-7(4-5-9(12)13)8(11)3-1-2-6-17(14,15)16/h7H,1-6,10H2,(H,12,13)(H,14,15,16)/t7-/m0/s1. The van der Waals surface area contributed by atoms with Crippen molar-refractivity contribution in [1.29, 1.82) is 0 Å². The zero-order chi connectivity index (χ0) is 13.5. The van der Waals surface area contributed by atoms with Crippen molar-refractivity contribution in [1.82, 2.24) is 0 Å². The predicted molar refractivity (Wildman–Crippen MR) is 60.1 cm³/mol. The van der Waals surface area contributed by atoms with Crippen molar-refractivity contribution in [2.24, 2.45) is 5.73 Å². The lowest BCUT2D eigenvalue weighted by atomic mass is 10.0. The molecule has 4 N–H and O–H groups in total. The number of rotatable bonds is 9. The Labute approximate surface area is 99.7 Å². The molecule has 0 saturated carbocycles. The number of carboxylic acids is 1. The predicted octanol–water partition coefficient (Wildman–Crippen LogP) is -0.194. The Morgan fingerprint density at radius 1 is 1.18 bits per heavy atom. The molecule has 0 radical (unpaired) electrons. The van der Waals surface area contributed by atoms with Gasteiger partial charge in [0, 0.05) is 12.8 Å². The third-order valence-corrected chi connectivity index (χ3v) is 2.96. The highest BCUT2D eigenvalue weighted by Gasteiger charge is 2.14. The Bertz CT molecular complexity index is 364. The molecule has 1 atom stereocenters. The maximum atomic E-state index is 11.4. The van der Waals surface area contributed by atoms with E-state index in [2.05, 4.69) is 0 Å². The minimum Gasteiger partial charge on any atom is -0.481 e. The third kappa shape index (κ3) is 9.91. The quantitative estimate of drug-likeness (QED) is 0.389. The number of hydrogen-bond acceptors (Lipinski definition) is 5. The summed E-state index contributed by atoms with van der Waals surface area (Å²) in [6.07, 6.45) is 0.482. The van der Waals surface area contributed by atoms with E-state index in [1.807, 2.05) is 0 Å². The summed E-state index contributed by atoms with van der Waals surface area (Å²) in [4.78, 5) is 21.6. The van der Waals surface area contributed by atoms with E-state index in [-0.39, 0.29) is 37.2 Å². The highest BCUT2D eigenvalue weighted by atomic mass is 32.2. The average Bonchev–Trinajstić information content (AvgIpc) is 2.19. The van der Waals surface area contributed by atoms with Gasteiger partial charge >= 0.3 is 5.97 Å². The zero-order valence-electron chi connectivity index (χ0n) is 9.33. The van der Waals surface area contributed by atoms with Crippen LogP contribution in [0.2, 0.25) is 0 Å². The van der Waals surface area contributed by atoms with Crippen molar-refractivity contribution < 1.29 is 27.7 Å². The molecule has 0 amide bonds. The van der Waals surface area contributed by atoms with Gasteiger partial charge in [0.25, 0.3) is 10.1 Å². The fraction of sp³-hybridized carbons (Fsp3) is 0.778. The lowest BCUT2D eigenvalue weighted by Crippen LogP contribution is -2.31. The molecule has 0 aliphatic carbocycles. The number of carboxylic acid groups (broad SMARTS) is 1. The van der Waals surface area contributed by atoms with Gasteiger partial charge in [-0.15, -0.1) is 0 Å². The van der Waals surface area contributed by atoms with E-state index in [0.717, 1.165) is 0 Å². The molecule has 0 fully saturated rings. The summed E-state index contributed by atoms with van der Waals surface area (Å²) in [5.41, 5.74) is 5.45. The maximum absolute atomic E-state index is 11.4. The number of ketones is 1. The van der Waals surface area contributed by atoms with Gasteiger partial charge in [0.1, 0.15) is 5.78 Å². The van der Waals surface area contributed by atoms with Crippen LogP contribution in [0.4, 0.5) is 0 Å². The van der Waals surface area contributed by atoms with Crippen LogP contribution in [-0.4, -0.2) is 41.6 Å². The molecule has 0 heterocycles. The van der Waals surface area contributed by atoms with Crippen molar-refractivity contribution in [2.75, 3.05) is 5.75 Å². The van der Waals surface area contributed by atoms with Gasteiger partial charge in [0.15, 0.2) is 0 Å².